The summed E-state index contributed by atoms with van der Waals surface area (Å²) in [6.45, 7) is 1.13. The van der Waals surface area contributed by atoms with Gasteiger partial charge in [-0.1, -0.05) is 0 Å². The molecule has 1 aliphatic heterocycles. The van der Waals surface area contributed by atoms with E-state index < -0.39 is 12.8 Å². The van der Waals surface area contributed by atoms with Gasteiger partial charge in [-0.2, -0.15) is 24.9 Å². The molecule has 0 radical (unpaired) electrons. The number of alkyl halides is 3. The Morgan fingerprint density at radius 2 is 2.07 bits per heavy atom. The van der Waals surface area contributed by atoms with Crippen LogP contribution < -0.4 is 5.32 Å². The molecule has 0 saturated carbocycles. The van der Waals surface area contributed by atoms with Crippen molar-refractivity contribution in [2.75, 3.05) is 37.8 Å². The summed E-state index contributed by atoms with van der Waals surface area (Å²) in [6, 6.07) is 0. The molecule has 0 spiro atoms. The average molecular weight is 229 g/mol. The summed E-state index contributed by atoms with van der Waals surface area (Å²) in [5.41, 5.74) is 0. The zero-order valence-electron chi connectivity index (χ0n) is 7.77. The van der Waals surface area contributed by atoms with Gasteiger partial charge < -0.3 is 10.1 Å². The molecule has 0 bridgehead atoms. The number of nitrogens with one attached hydrogen (secondary N) is 1. The molecule has 1 heterocycles. The van der Waals surface area contributed by atoms with Crippen LogP contribution in [0.25, 0.3) is 0 Å². The molecule has 1 rings (SSSR count). The summed E-state index contributed by atoms with van der Waals surface area (Å²) in [6.07, 6.45) is -4.19. The lowest BCUT2D eigenvalue weighted by Crippen LogP contribution is -2.43. The SMILES string of the molecule is FC(F)(F)COCCSCC1CNC1. The number of thioether (sulfide) groups is 1. The first-order valence-electron chi connectivity index (χ1n) is 4.51. The van der Waals surface area contributed by atoms with Crippen molar-refractivity contribution < 1.29 is 17.9 Å². The van der Waals surface area contributed by atoms with Crippen LogP contribution in [0.1, 0.15) is 0 Å². The van der Waals surface area contributed by atoms with E-state index in [1.807, 2.05) is 0 Å². The van der Waals surface area contributed by atoms with Crippen molar-refractivity contribution in [2.24, 2.45) is 5.92 Å². The van der Waals surface area contributed by atoms with Gasteiger partial charge >= 0.3 is 6.18 Å². The Morgan fingerprint density at radius 3 is 2.57 bits per heavy atom. The van der Waals surface area contributed by atoms with Gasteiger partial charge in [0.15, 0.2) is 0 Å². The van der Waals surface area contributed by atoms with Crippen LogP contribution in [0.3, 0.4) is 0 Å². The first-order chi connectivity index (χ1) is 6.58. The van der Waals surface area contributed by atoms with Gasteiger partial charge in [-0.3, -0.25) is 0 Å². The second-order valence-electron chi connectivity index (χ2n) is 3.27. The van der Waals surface area contributed by atoms with Crippen molar-refractivity contribution >= 4 is 11.8 Å². The molecule has 1 fully saturated rings. The molecule has 0 aliphatic carbocycles. The van der Waals surface area contributed by atoms with Gasteiger partial charge in [0.25, 0.3) is 0 Å². The lowest BCUT2D eigenvalue weighted by molar-refractivity contribution is -0.172. The molecule has 0 aromatic heterocycles. The number of hydrogen-bond acceptors (Lipinski definition) is 3. The molecule has 14 heavy (non-hydrogen) atoms. The second kappa shape index (κ2) is 5.82. The number of ether oxygens (including phenoxy) is 1. The summed E-state index contributed by atoms with van der Waals surface area (Å²) >= 11 is 1.66. The fourth-order valence-corrected chi connectivity index (χ4v) is 1.99. The third-order valence-corrected chi connectivity index (χ3v) is 3.02. The Morgan fingerprint density at radius 1 is 1.36 bits per heavy atom. The van der Waals surface area contributed by atoms with Crippen LogP contribution in [-0.4, -0.2) is 44.0 Å². The molecule has 0 amide bonds. The minimum atomic E-state index is -4.19. The van der Waals surface area contributed by atoms with E-state index in [0.29, 0.717) is 11.7 Å². The maximum Gasteiger partial charge on any atom is 0.411 e. The Balaban J connectivity index is 1.80. The Hall–Kier alpha value is 0.0600. The van der Waals surface area contributed by atoms with Gasteiger partial charge in [0.2, 0.25) is 0 Å². The van der Waals surface area contributed by atoms with Crippen LogP contribution in [0.5, 0.6) is 0 Å². The molecular formula is C8H14F3NOS. The van der Waals surface area contributed by atoms with Crippen molar-refractivity contribution in [2.45, 2.75) is 6.18 Å². The van der Waals surface area contributed by atoms with E-state index in [9.17, 15) is 13.2 Å². The van der Waals surface area contributed by atoms with E-state index in [1.165, 1.54) is 0 Å². The van der Waals surface area contributed by atoms with Crippen LogP contribution >= 0.6 is 11.8 Å². The van der Waals surface area contributed by atoms with Crippen LogP contribution in [0.4, 0.5) is 13.2 Å². The minimum Gasteiger partial charge on any atom is -0.371 e. The number of halogens is 3. The molecule has 0 aromatic carbocycles. The third kappa shape index (κ3) is 5.72. The van der Waals surface area contributed by atoms with E-state index in [-0.39, 0.29) is 6.61 Å². The predicted octanol–water partition coefficient (Wildman–Crippen LogP) is 1.52. The standard InChI is InChI=1S/C8H14F3NOS/c9-8(10,11)6-13-1-2-14-5-7-3-12-4-7/h7,12H,1-6H2. The second-order valence-corrected chi connectivity index (χ2v) is 4.42. The Labute approximate surface area is 85.6 Å². The molecule has 1 aliphatic rings. The highest BCUT2D eigenvalue weighted by atomic mass is 32.2. The topological polar surface area (TPSA) is 21.3 Å². The van der Waals surface area contributed by atoms with Crippen LogP contribution in [0.15, 0.2) is 0 Å². The van der Waals surface area contributed by atoms with E-state index >= 15 is 0 Å². The van der Waals surface area contributed by atoms with E-state index in [2.05, 4.69) is 10.1 Å². The maximum atomic E-state index is 11.6. The van der Waals surface area contributed by atoms with Gasteiger partial charge in [0.05, 0.1) is 6.61 Å². The van der Waals surface area contributed by atoms with Crippen LogP contribution in [0.2, 0.25) is 0 Å². The fraction of sp³-hybridized carbons (Fsp3) is 1.00. The molecule has 0 aromatic rings. The highest BCUT2D eigenvalue weighted by Gasteiger charge is 2.27. The zero-order valence-corrected chi connectivity index (χ0v) is 8.59. The van der Waals surface area contributed by atoms with Crippen molar-refractivity contribution in [3.63, 3.8) is 0 Å². The van der Waals surface area contributed by atoms with Crippen LogP contribution in [0, 0.1) is 5.92 Å². The van der Waals surface area contributed by atoms with E-state index in [4.69, 9.17) is 0 Å². The third-order valence-electron chi connectivity index (χ3n) is 1.86. The predicted molar refractivity (Wildman–Crippen MR) is 50.6 cm³/mol. The Bertz CT molecular complexity index is 161. The average Bonchev–Trinajstić information content (AvgIpc) is 1.97. The van der Waals surface area contributed by atoms with Crippen LogP contribution in [-0.2, 0) is 4.74 Å². The summed E-state index contributed by atoms with van der Waals surface area (Å²) in [5, 5.41) is 3.14. The molecule has 0 atom stereocenters. The molecule has 0 unspecified atom stereocenters. The quantitative estimate of drug-likeness (QED) is 0.698. The van der Waals surface area contributed by atoms with Gasteiger partial charge in [-0.15, -0.1) is 0 Å². The lowest BCUT2D eigenvalue weighted by atomic mass is 10.1. The molecule has 6 heteroatoms. The molecule has 1 saturated heterocycles. The summed E-state index contributed by atoms with van der Waals surface area (Å²) in [7, 11) is 0. The Kier molecular flexibility index (Phi) is 5.05. The maximum absolute atomic E-state index is 11.6. The molecule has 84 valence electrons. The highest BCUT2D eigenvalue weighted by molar-refractivity contribution is 7.99. The largest absolute Gasteiger partial charge is 0.411 e. The molecular weight excluding hydrogens is 215 g/mol. The van der Waals surface area contributed by atoms with Gasteiger partial charge in [0, 0.05) is 5.75 Å². The van der Waals surface area contributed by atoms with Gasteiger partial charge in [-0.25, -0.2) is 0 Å². The van der Waals surface area contributed by atoms with E-state index in [0.717, 1.165) is 18.8 Å². The minimum absolute atomic E-state index is 0.185. The first kappa shape index (κ1) is 12.1. The smallest absolute Gasteiger partial charge is 0.371 e. The summed E-state index contributed by atoms with van der Waals surface area (Å²) in [4.78, 5) is 0. The highest BCUT2D eigenvalue weighted by Crippen LogP contribution is 2.15. The normalized spacial score (nSPS) is 18.2. The van der Waals surface area contributed by atoms with Gasteiger partial charge in [-0.05, 0) is 24.8 Å². The van der Waals surface area contributed by atoms with E-state index in [1.54, 1.807) is 11.8 Å². The molecule has 1 N–H and O–H groups in total. The number of rotatable bonds is 6. The molecule has 2 nitrogen and oxygen atoms in total. The lowest BCUT2D eigenvalue weighted by Gasteiger charge is -2.26. The van der Waals surface area contributed by atoms with Crippen molar-refractivity contribution in [1.82, 2.24) is 5.32 Å². The van der Waals surface area contributed by atoms with Crippen molar-refractivity contribution in [1.29, 1.82) is 0 Å². The van der Waals surface area contributed by atoms with Gasteiger partial charge in [0.1, 0.15) is 6.61 Å². The summed E-state index contributed by atoms with van der Waals surface area (Å²) in [5.74, 6) is 2.36. The first-order valence-corrected chi connectivity index (χ1v) is 5.66. The zero-order chi connectivity index (χ0) is 10.4. The number of hydrogen-bond donors (Lipinski definition) is 1. The van der Waals surface area contributed by atoms with Crippen molar-refractivity contribution in [3.05, 3.63) is 0 Å². The van der Waals surface area contributed by atoms with Crippen molar-refractivity contribution in [3.8, 4) is 0 Å². The monoisotopic (exact) mass is 229 g/mol. The summed E-state index contributed by atoms with van der Waals surface area (Å²) < 4.78 is 39.3. The fourth-order valence-electron chi connectivity index (χ4n) is 1.02.